The summed E-state index contributed by atoms with van der Waals surface area (Å²) in [6.07, 6.45) is 3.39. The number of benzene rings is 2. The Labute approximate surface area is 130 Å². The molecule has 0 aliphatic carbocycles. The number of aromatic hydroxyl groups is 1. The molecule has 0 bridgehead atoms. The first kappa shape index (κ1) is 15.0. The van der Waals surface area contributed by atoms with Gasteiger partial charge in [0.25, 0.3) is 5.91 Å². The van der Waals surface area contributed by atoms with Crippen LogP contribution in [0.1, 0.15) is 15.9 Å². The number of hydrogen-bond acceptors (Lipinski definition) is 3. The van der Waals surface area contributed by atoms with Crippen LogP contribution in [0.25, 0.3) is 6.08 Å². The van der Waals surface area contributed by atoms with E-state index < -0.39 is 0 Å². The largest absolute Gasteiger partial charge is 0.508 e. The highest BCUT2D eigenvalue weighted by Gasteiger charge is 2.03. The molecule has 0 atom stereocenters. The van der Waals surface area contributed by atoms with E-state index in [1.807, 2.05) is 36.4 Å². The van der Waals surface area contributed by atoms with Gasteiger partial charge in [-0.2, -0.15) is 5.10 Å². The molecule has 5 heteroatoms. The number of phenolic OH excluding ortho intramolecular Hbond substituents is 1. The number of carbonyl (C=O) groups excluding carboxylic acids is 1. The first-order valence-electron chi connectivity index (χ1n) is 6.20. The molecule has 0 unspecified atom stereocenters. The van der Waals surface area contributed by atoms with Crippen LogP contribution >= 0.6 is 15.9 Å². The predicted molar refractivity (Wildman–Crippen MR) is 87.4 cm³/mol. The lowest BCUT2D eigenvalue weighted by atomic mass is 10.2. The van der Waals surface area contributed by atoms with E-state index in [0.29, 0.717) is 5.56 Å². The van der Waals surface area contributed by atoms with Crippen LogP contribution < -0.4 is 5.43 Å². The van der Waals surface area contributed by atoms with Crippen LogP contribution in [0.5, 0.6) is 5.75 Å². The molecule has 21 heavy (non-hydrogen) atoms. The van der Waals surface area contributed by atoms with Crippen LogP contribution in [-0.2, 0) is 0 Å². The highest BCUT2D eigenvalue weighted by atomic mass is 79.9. The minimum absolute atomic E-state index is 0.114. The van der Waals surface area contributed by atoms with Crippen LogP contribution in [0.15, 0.2) is 64.2 Å². The second-order valence-corrected chi connectivity index (χ2v) is 5.10. The molecule has 0 heterocycles. The number of nitrogens with one attached hydrogen (secondary N) is 1. The Bertz CT molecular complexity index is 664. The molecule has 0 aliphatic heterocycles. The number of rotatable bonds is 4. The number of amides is 1. The summed E-state index contributed by atoms with van der Waals surface area (Å²) in [6, 6.07) is 15.7. The van der Waals surface area contributed by atoms with Crippen molar-refractivity contribution in [3.63, 3.8) is 0 Å². The second kappa shape index (κ2) is 7.40. The summed E-state index contributed by atoms with van der Waals surface area (Å²) >= 11 is 3.36. The molecule has 0 aromatic heterocycles. The first-order chi connectivity index (χ1) is 10.1. The van der Waals surface area contributed by atoms with Crippen LogP contribution in [0.4, 0.5) is 0 Å². The van der Waals surface area contributed by atoms with Gasteiger partial charge < -0.3 is 5.11 Å². The van der Waals surface area contributed by atoms with Crippen molar-refractivity contribution in [2.45, 2.75) is 0 Å². The fourth-order valence-corrected chi connectivity index (χ4v) is 1.94. The molecule has 0 saturated carbocycles. The summed E-state index contributed by atoms with van der Waals surface area (Å²) in [4.78, 5) is 11.8. The lowest BCUT2D eigenvalue weighted by Gasteiger charge is -1.99. The van der Waals surface area contributed by atoms with Gasteiger partial charge in [-0.05, 0) is 51.8 Å². The van der Waals surface area contributed by atoms with Gasteiger partial charge in [0.15, 0.2) is 0 Å². The monoisotopic (exact) mass is 344 g/mol. The molecule has 2 aromatic rings. The van der Waals surface area contributed by atoms with E-state index >= 15 is 0 Å². The van der Waals surface area contributed by atoms with Crippen molar-refractivity contribution in [2.24, 2.45) is 5.10 Å². The number of allylic oxidation sites excluding steroid dienone is 1. The molecular formula is C16H13BrN2O2. The van der Waals surface area contributed by atoms with Gasteiger partial charge >= 0.3 is 0 Å². The highest BCUT2D eigenvalue weighted by Crippen LogP contribution is 2.10. The van der Waals surface area contributed by atoms with Gasteiger partial charge in [0.05, 0.1) is 6.21 Å². The molecule has 2 aromatic carbocycles. The molecule has 4 nitrogen and oxygen atoms in total. The maximum atomic E-state index is 11.8. The van der Waals surface area contributed by atoms with E-state index in [2.05, 4.69) is 26.5 Å². The molecule has 0 saturated heterocycles. The number of phenols is 1. The van der Waals surface area contributed by atoms with Crippen molar-refractivity contribution < 1.29 is 9.90 Å². The SMILES string of the molecule is O=C(N/N=C\C(Br)=C\c1ccccc1)c1ccc(O)cc1. The van der Waals surface area contributed by atoms with Crippen LogP contribution in [0.3, 0.4) is 0 Å². The standard InChI is InChI=1S/C16H13BrN2O2/c17-14(10-12-4-2-1-3-5-12)11-18-19-16(21)13-6-8-15(20)9-7-13/h1-11,20H,(H,19,21)/b14-10-,18-11-. The third-order valence-electron chi connectivity index (χ3n) is 2.59. The minimum atomic E-state index is -0.341. The second-order valence-electron chi connectivity index (χ2n) is 4.19. The third-order valence-corrected chi connectivity index (χ3v) is 3.02. The third kappa shape index (κ3) is 4.89. The summed E-state index contributed by atoms with van der Waals surface area (Å²) in [5.41, 5.74) is 3.87. The Hall–Kier alpha value is -2.40. The molecular weight excluding hydrogens is 332 g/mol. The average Bonchev–Trinajstić information content (AvgIpc) is 2.49. The zero-order valence-electron chi connectivity index (χ0n) is 11.0. The summed E-state index contributed by atoms with van der Waals surface area (Å²) in [5, 5.41) is 13.0. The minimum Gasteiger partial charge on any atom is -0.508 e. The lowest BCUT2D eigenvalue weighted by molar-refractivity contribution is 0.0955. The zero-order chi connectivity index (χ0) is 15.1. The summed E-state index contributed by atoms with van der Waals surface area (Å²) in [7, 11) is 0. The van der Waals surface area contributed by atoms with Crippen molar-refractivity contribution in [3.05, 3.63) is 70.2 Å². The Morgan fingerprint density at radius 1 is 1.10 bits per heavy atom. The number of hydrazone groups is 1. The van der Waals surface area contributed by atoms with E-state index in [1.165, 1.54) is 30.5 Å². The van der Waals surface area contributed by atoms with Crippen LogP contribution in [0, 0.1) is 0 Å². The molecule has 0 radical (unpaired) electrons. The van der Waals surface area contributed by atoms with E-state index in [1.54, 1.807) is 0 Å². The number of carbonyl (C=O) groups is 1. The summed E-state index contributed by atoms with van der Waals surface area (Å²) < 4.78 is 0.736. The van der Waals surface area contributed by atoms with Gasteiger partial charge in [0.2, 0.25) is 0 Å². The van der Waals surface area contributed by atoms with Crippen molar-refractivity contribution in [2.75, 3.05) is 0 Å². The van der Waals surface area contributed by atoms with E-state index in [-0.39, 0.29) is 11.7 Å². The van der Waals surface area contributed by atoms with Crippen molar-refractivity contribution in [3.8, 4) is 5.75 Å². The Kier molecular flexibility index (Phi) is 5.29. The number of nitrogens with zero attached hydrogens (tertiary/aromatic N) is 1. The molecule has 2 rings (SSSR count). The normalized spacial score (nSPS) is 11.6. The molecule has 1 amide bonds. The van der Waals surface area contributed by atoms with Crippen LogP contribution in [0.2, 0.25) is 0 Å². The first-order valence-corrected chi connectivity index (χ1v) is 6.99. The van der Waals surface area contributed by atoms with Gasteiger partial charge in [-0.15, -0.1) is 0 Å². The highest BCUT2D eigenvalue weighted by molar-refractivity contribution is 9.12. The zero-order valence-corrected chi connectivity index (χ0v) is 12.6. The van der Waals surface area contributed by atoms with Crippen LogP contribution in [-0.4, -0.2) is 17.2 Å². The smallest absolute Gasteiger partial charge is 0.271 e. The van der Waals surface area contributed by atoms with E-state index in [4.69, 9.17) is 5.11 Å². The van der Waals surface area contributed by atoms with Gasteiger partial charge in [-0.1, -0.05) is 30.3 Å². The Balaban J connectivity index is 1.94. The predicted octanol–water partition coefficient (Wildman–Crippen LogP) is 3.54. The molecule has 106 valence electrons. The number of hydrogen-bond donors (Lipinski definition) is 2. The average molecular weight is 345 g/mol. The number of halogens is 1. The summed E-state index contributed by atoms with van der Waals surface area (Å²) in [5.74, 6) is -0.227. The fraction of sp³-hybridized carbons (Fsp3) is 0. The van der Waals surface area contributed by atoms with Gasteiger partial charge in [0.1, 0.15) is 5.75 Å². The van der Waals surface area contributed by atoms with E-state index in [0.717, 1.165) is 10.0 Å². The lowest BCUT2D eigenvalue weighted by Crippen LogP contribution is -2.17. The molecule has 0 spiro atoms. The van der Waals surface area contributed by atoms with Gasteiger partial charge in [-0.25, -0.2) is 5.43 Å². The van der Waals surface area contributed by atoms with Gasteiger partial charge in [0, 0.05) is 10.0 Å². The molecule has 0 fully saturated rings. The summed E-state index contributed by atoms with van der Waals surface area (Å²) in [6.45, 7) is 0. The molecule has 2 N–H and O–H groups in total. The van der Waals surface area contributed by atoms with Crippen molar-refractivity contribution in [1.82, 2.24) is 5.43 Å². The maximum Gasteiger partial charge on any atom is 0.271 e. The fourth-order valence-electron chi connectivity index (χ4n) is 1.58. The maximum absolute atomic E-state index is 11.8. The van der Waals surface area contributed by atoms with E-state index in [9.17, 15) is 4.79 Å². The molecule has 0 aliphatic rings. The topological polar surface area (TPSA) is 61.7 Å². The van der Waals surface area contributed by atoms with Gasteiger partial charge in [-0.3, -0.25) is 4.79 Å². The Morgan fingerprint density at radius 3 is 2.43 bits per heavy atom. The quantitative estimate of drug-likeness (QED) is 0.658. The Morgan fingerprint density at radius 2 is 1.76 bits per heavy atom. The van der Waals surface area contributed by atoms with Crippen molar-refractivity contribution >= 4 is 34.1 Å². The van der Waals surface area contributed by atoms with Crippen molar-refractivity contribution in [1.29, 1.82) is 0 Å².